The average molecular weight is 422 g/mol. The molecular weight excluding hydrogens is 394 g/mol. The summed E-state index contributed by atoms with van der Waals surface area (Å²) in [6, 6.07) is 11.1. The molecule has 2 aromatic rings. The van der Waals surface area contributed by atoms with Gasteiger partial charge in [-0.2, -0.15) is 0 Å². The number of likely N-dealkylation sites (tertiary alicyclic amines) is 1. The standard InChI is InChI=1S/C21H27N3O2S.ClH/c1-22-12-9-16-10-13-24(14-11-16)20(25)17-6-3-4-7-18(17)23(2)21(26)19-8-5-15-27-19;/h3-8,15-16,22H,9-14H2,1-2H3;1H. The third kappa shape index (κ3) is 5.13. The Morgan fingerprint density at radius 3 is 2.54 bits per heavy atom. The lowest BCUT2D eigenvalue weighted by atomic mass is 9.93. The number of nitrogens with one attached hydrogen (secondary N) is 1. The van der Waals surface area contributed by atoms with Gasteiger partial charge < -0.3 is 15.1 Å². The van der Waals surface area contributed by atoms with E-state index in [4.69, 9.17) is 0 Å². The second kappa shape index (κ2) is 10.6. The molecule has 0 saturated carbocycles. The van der Waals surface area contributed by atoms with Crippen molar-refractivity contribution in [2.45, 2.75) is 19.3 Å². The maximum atomic E-state index is 13.1. The number of carbonyl (C=O) groups excluding carboxylic acids is 2. The number of para-hydroxylation sites is 1. The highest BCUT2D eigenvalue weighted by molar-refractivity contribution is 7.12. The predicted octanol–water partition coefficient (Wildman–Crippen LogP) is 3.91. The van der Waals surface area contributed by atoms with Crippen molar-refractivity contribution in [3.05, 3.63) is 52.2 Å². The van der Waals surface area contributed by atoms with Gasteiger partial charge in [-0.15, -0.1) is 23.7 Å². The van der Waals surface area contributed by atoms with Crippen molar-refractivity contribution in [1.82, 2.24) is 10.2 Å². The molecule has 2 amide bonds. The fraction of sp³-hybridized carbons (Fsp3) is 0.429. The Hall–Kier alpha value is -1.89. The molecule has 3 rings (SSSR count). The normalized spacial score (nSPS) is 14.4. The van der Waals surface area contributed by atoms with Crippen LogP contribution in [0.4, 0.5) is 5.69 Å². The summed E-state index contributed by atoms with van der Waals surface area (Å²) in [4.78, 5) is 30.0. The van der Waals surface area contributed by atoms with Gasteiger partial charge in [-0.05, 0) is 62.4 Å². The number of piperidine rings is 1. The van der Waals surface area contributed by atoms with E-state index >= 15 is 0 Å². The highest BCUT2D eigenvalue weighted by Gasteiger charge is 2.26. The molecule has 152 valence electrons. The van der Waals surface area contributed by atoms with Crippen LogP contribution in [-0.4, -0.2) is 50.4 Å². The number of carbonyl (C=O) groups is 2. The van der Waals surface area contributed by atoms with Crippen LogP contribution in [0.5, 0.6) is 0 Å². The molecule has 5 nitrogen and oxygen atoms in total. The SMILES string of the molecule is CNCCC1CCN(C(=O)c2ccccc2N(C)C(=O)c2cccs2)CC1.Cl. The van der Waals surface area contributed by atoms with E-state index in [9.17, 15) is 9.59 Å². The second-order valence-electron chi connectivity index (χ2n) is 6.99. The quantitative estimate of drug-likeness (QED) is 0.769. The molecule has 7 heteroatoms. The van der Waals surface area contributed by atoms with Crippen LogP contribution in [0, 0.1) is 5.92 Å². The Balaban J connectivity index is 0.00000280. The predicted molar refractivity (Wildman–Crippen MR) is 118 cm³/mol. The van der Waals surface area contributed by atoms with Crippen LogP contribution in [-0.2, 0) is 0 Å². The zero-order chi connectivity index (χ0) is 19.2. The van der Waals surface area contributed by atoms with Gasteiger partial charge in [0.1, 0.15) is 0 Å². The van der Waals surface area contributed by atoms with E-state index in [0.29, 0.717) is 22.0 Å². The lowest BCUT2D eigenvalue weighted by Gasteiger charge is -2.33. The Labute approximate surface area is 177 Å². The number of thiophene rings is 1. The summed E-state index contributed by atoms with van der Waals surface area (Å²) >= 11 is 1.41. The molecule has 1 fully saturated rings. The topological polar surface area (TPSA) is 52.7 Å². The first kappa shape index (κ1) is 22.4. The van der Waals surface area contributed by atoms with Crippen LogP contribution in [0.15, 0.2) is 41.8 Å². The summed E-state index contributed by atoms with van der Waals surface area (Å²) in [6.45, 7) is 2.59. The Morgan fingerprint density at radius 1 is 1.18 bits per heavy atom. The van der Waals surface area contributed by atoms with E-state index in [1.165, 1.54) is 11.3 Å². The number of anilines is 1. The lowest BCUT2D eigenvalue weighted by Crippen LogP contribution is -2.40. The van der Waals surface area contributed by atoms with Crippen molar-refractivity contribution < 1.29 is 9.59 Å². The molecule has 28 heavy (non-hydrogen) atoms. The van der Waals surface area contributed by atoms with E-state index in [1.807, 2.05) is 53.7 Å². The third-order valence-corrected chi connectivity index (χ3v) is 6.09. The first-order valence-corrected chi connectivity index (χ1v) is 10.3. The summed E-state index contributed by atoms with van der Waals surface area (Å²) in [5.41, 5.74) is 1.26. The molecule has 1 aromatic heterocycles. The largest absolute Gasteiger partial charge is 0.339 e. The lowest BCUT2D eigenvalue weighted by molar-refractivity contribution is 0.0688. The number of nitrogens with zero attached hydrogens (tertiary/aromatic N) is 2. The van der Waals surface area contributed by atoms with E-state index < -0.39 is 0 Å². The molecule has 0 radical (unpaired) electrons. The summed E-state index contributed by atoms with van der Waals surface area (Å²) in [7, 11) is 3.71. The van der Waals surface area contributed by atoms with Gasteiger partial charge in [0.2, 0.25) is 0 Å². The van der Waals surface area contributed by atoms with Crippen LogP contribution in [0.25, 0.3) is 0 Å². The van der Waals surface area contributed by atoms with Gasteiger partial charge in [-0.3, -0.25) is 9.59 Å². The molecule has 0 spiro atoms. The Morgan fingerprint density at radius 2 is 1.89 bits per heavy atom. The van der Waals surface area contributed by atoms with Crippen molar-refractivity contribution in [1.29, 1.82) is 0 Å². The van der Waals surface area contributed by atoms with Crippen LogP contribution in [0.2, 0.25) is 0 Å². The van der Waals surface area contributed by atoms with Crippen LogP contribution >= 0.6 is 23.7 Å². The molecule has 0 unspecified atom stereocenters. The zero-order valence-corrected chi connectivity index (χ0v) is 18.0. The van der Waals surface area contributed by atoms with Gasteiger partial charge in [0.15, 0.2) is 0 Å². The van der Waals surface area contributed by atoms with Gasteiger partial charge in [0.25, 0.3) is 11.8 Å². The molecule has 1 aliphatic rings. The average Bonchev–Trinajstić information content (AvgIpc) is 3.26. The molecular formula is C21H28ClN3O2S. The molecule has 1 N–H and O–H groups in total. The molecule has 1 aromatic carbocycles. The summed E-state index contributed by atoms with van der Waals surface area (Å²) in [6.07, 6.45) is 3.24. The van der Waals surface area contributed by atoms with Gasteiger partial charge in [0.05, 0.1) is 16.1 Å². The number of rotatable bonds is 6. The first-order valence-electron chi connectivity index (χ1n) is 9.46. The fourth-order valence-electron chi connectivity index (χ4n) is 3.57. The van der Waals surface area contributed by atoms with E-state index in [2.05, 4.69) is 5.32 Å². The maximum Gasteiger partial charge on any atom is 0.268 e. The molecule has 0 atom stereocenters. The molecule has 0 bridgehead atoms. The Kier molecular flexibility index (Phi) is 8.48. The maximum absolute atomic E-state index is 13.1. The van der Waals surface area contributed by atoms with Crippen molar-refractivity contribution in [3.63, 3.8) is 0 Å². The summed E-state index contributed by atoms with van der Waals surface area (Å²) in [5.74, 6) is 0.611. The van der Waals surface area contributed by atoms with Crippen LogP contribution in [0.1, 0.15) is 39.3 Å². The minimum absolute atomic E-state index is 0. The highest BCUT2D eigenvalue weighted by atomic mass is 35.5. The van der Waals surface area contributed by atoms with E-state index in [1.54, 1.807) is 11.9 Å². The molecule has 1 saturated heterocycles. The summed E-state index contributed by atoms with van der Waals surface area (Å²) in [5, 5.41) is 5.08. The smallest absolute Gasteiger partial charge is 0.268 e. The van der Waals surface area contributed by atoms with Crippen molar-refractivity contribution in [2.75, 3.05) is 38.6 Å². The van der Waals surface area contributed by atoms with Crippen LogP contribution in [0.3, 0.4) is 0 Å². The highest BCUT2D eigenvalue weighted by Crippen LogP contribution is 2.26. The summed E-state index contributed by atoms with van der Waals surface area (Å²) < 4.78 is 0. The van der Waals surface area contributed by atoms with E-state index in [0.717, 1.165) is 38.9 Å². The Bertz CT molecular complexity index is 774. The van der Waals surface area contributed by atoms with Gasteiger partial charge >= 0.3 is 0 Å². The number of amides is 2. The minimum Gasteiger partial charge on any atom is -0.339 e. The third-order valence-electron chi connectivity index (χ3n) is 5.24. The van der Waals surface area contributed by atoms with E-state index in [-0.39, 0.29) is 24.2 Å². The minimum atomic E-state index is -0.0870. The first-order chi connectivity index (χ1) is 13.1. The van der Waals surface area contributed by atoms with Crippen molar-refractivity contribution in [3.8, 4) is 0 Å². The fourth-order valence-corrected chi connectivity index (χ4v) is 4.26. The number of hydrogen-bond donors (Lipinski definition) is 1. The van der Waals surface area contributed by atoms with Crippen molar-refractivity contribution >= 4 is 41.2 Å². The number of halogens is 1. The van der Waals surface area contributed by atoms with Gasteiger partial charge in [0, 0.05) is 20.1 Å². The number of hydrogen-bond acceptors (Lipinski definition) is 4. The van der Waals surface area contributed by atoms with Gasteiger partial charge in [-0.1, -0.05) is 18.2 Å². The molecule has 1 aliphatic heterocycles. The second-order valence-corrected chi connectivity index (χ2v) is 7.93. The van der Waals surface area contributed by atoms with Crippen LogP contribution < -0.4 is 10.2 Å². The van der Waals surface area contributed by atoms with Gasteiger partial charge in [-0.25, -0.2) is 0 Å². The monoisotopic (exact) mass is 421 g/mol. The molecule has 2 heterocycles. The zero-order valence-electron chi connectivity index (χ0n) is 16.4. The van der Waals surface area contributed by atoms with Crippen molar-refractivity contribution in [2.24, 2.45) is 5.92 Å². The number of benzene rings is 1. The molecule has 0 aliphatic carbocycles.